The van der Waals surface area contributed by atoms with E-state index in [-0.39, 0.29) is 6.10 Å². The summed E-state index contributed by atoms with van der Waals surface area (Å²) in [5, 5.41) is 3.30. The Morgan fingerprint density at radius 3 is 2.71 bits per heavy atom. The van der Waals surface area contributed by atoms with Crippen molar-refractivity contribution in [1.82, 2.24) is 9.97 Å². The molecule has 1 aliphatic carbocycles. The van der Waals surface area contributed by atoms with Crippen LogP contribution in [-0.2, 0) is 4.74 Å². The van der Waals surface area contributed by atoms with E-state index in [2.05, 4.69) is 36.1 Å². The van der Waals surface area contributed by atoms with Crippen LogP contribution in [0.3, 0.4) is 0 Å². The predicted molar refractivity (Wildman–Crippen MR) is 84.0 cm³/mol. The number of nitrogens with one attached hydrogen (secondary N) is 1. The van der Waals surface area contributed by atoms with E-state index in [1.54, 1.807) is 13.4 Å². The Hall–Kier alpha value is -1.36. The molecule has 0 aliphatic heterocycles. The first-order chi connectivity index (χ1) is 10.2. The second kappa shape index (κ2) is 7.59. The SMILES string of the molecule is CCNc1ncnc(OC2CCCC(OC)C2)c1C(C)C. The Balaban J connectivity index is 2.16. The number of hydrogen-bond donors (Lipinski definition) is 1. The van der Waals surface area contributed by atoms with Gasteiger partial charge >= 0.3 is 0 Å². The summed E-state index contributed by atoms with van der Waals surface area (Å²) >= 11 is 0. The molecule has 0 radical (unpaired) electrons. The highest BCUT2D eigenvalue weighted by Crippen LogP contribution is 2.32. The van der Waals surface area contributed by atoms with Crippen molar-refractivity contribution in [2.24, 2.45) is 0 Å². The van der Waals surface area contributed by atoms with Crippen LogP contribution in [-0.4, -0.2) is 35.8 Å². The lowest BCUT2D eigenvalue weighted by Crippen LogP contribution is -2.30. The maximum absolute atomic E-state index is 6.20. The second-order valence-electron chi connectivity index (χ2n) is 5.89. The molecule has 2 unspecified atom stereocenters. The number of hydrogen-bond acceptors (Lipinski definition) is 5. The number of ether oxygens (including phenoxy) is 2. The molecule has 0 amide bonds. The number of nitrogens with zero attached hydrogens (tertiary/aromatic N) is 2. The van der Waals surface area contributed by atoms with Gasteiger partial charge in [-0.2, -0.15) is 0 Å². The fraction of sp³-hybridized carbons (Fsp3) is 0.750. The van der Waals surface area contributed by atoms with Gasteiger partial charge in [0.2, 0.25) is 5.88 Å². The highest BCUT2D eigenvalue weighted by atomic mass is 16.5. The summed E-state index contributed by atoms with van der Waals surface area (Å²) in [6.45, 7) is 7.19. The molecule has 1 fully saturated rings. The van der Waals surface area contributed by atoms with Gasteiger partial charge in [-0.05, 0) is 32.1 Å². The third-order valence-electron chi connectivity index (χ3n) is 3.96. The average molecular weight is 293 g/mol. The normalized spacial score (nSPS) is 22.3. The van der Waals surface area contributed by atoms with Gasteiger partial charge in [-0.15, -0.1) is 0 Å². The molecular formula is C16H27N3O2. The van der Waals surface area contributed by atoms with E-state index in [0.29, 0.717) is 12.0 Å². The molecule has 1 aromatic rings. The summed E-state index contributed by atoms with van der Waals surface area (Å²) in [6.07, 6.45) is 6.35. The summed E-state index contributed by atoms with van der Waals surface area (Å²) in [4.78, 5) is 8.72. The molecule has 118 valence electrons. The van der Waals surface area contributed by atoms with Gasteiger partial charge in [-0.25, -0.2) is 9.97 Å². The first kappa shape index (κ1) is 16.0. The molecule has 1 N–H and O–H groups in total. The lowest BCUT2D eigenvalue weighted by molar-refractivity contribution is 0.0191. The zero-order chi connectivity index (χ0) is 15.2. The van der Waals surface area contributed by atoms with E-state index in [4.69, 9.17) is 9.47 Å². The molecule has 1 heterocycles. The maximum atomic E-state index is 6.20. The number of rotatable bonds is 6. The summed E-state index contributed by atoms with van der Waals surface area (Å²) in [5.74, 6) is 1.92. The zero-order valence-corrected chi connectivity index (χ0v) is 13.6. The summed E-state index contributed by atoms with van der Waals surface area (Å²) in [5.41, 5.74) is 1.07. The van der Waals surface area contributed by atoms with Gasteiger partial charge in [0.15, 0.2) is 0 Å². The highest BCUT2D eigenvalue weighted by Gasteiger charge is 2.25. The number of anilines is 1. The summed E-state index contributed by atoms with van der Waals surface area (Å²) in [7, 11) is 1.78. The Bertz CT molecular complexity index is 451. The number of aromatic nitrogens is 2. The quantitative estimate of drug-likeness (QED) is 0.871. The van der Waals surface area contributed by atoms with Crippen LogP contribution < -0.4 is 10.1 Å². The molecule has 0 bridgehead atoms. The molecule has 1 saturated carbocycles. The van der Waals surface area contributed by atoms with E-state index < -0.39 is 0 Å². The van der Waals surface area contributed by atoms with Crippen molar-refractivity contribution in [3.05, 3.63) is 11.9 Å². The van der Waals surface area contributed by atoms with Crippen molar-refractivity contribution in [2.75, 3.05) is 19.0 Å². The van der Waals surface area contributed by atoms with Crippen LogP contribution in [0.25, 0.3) is 0 Å². The lowest BCUT2D eigenvalue weighted by Gasteiger charge is -2.29. The van der Waals surface area contributed by atoms with E-state index in [1.807, 2.05) is 0 Å². The van der Waals surface area contributed by atoms with E-state index in [0.717, 1.165) is 49.5 Å². The molecule has 21 heavy (non-hydrogen) atoms. The Morgan fingerprint density at radius 1 is 1.29 bits per heavy atom. The van der Waals surface area contributed by atoms with Crippen molar-refractivity contribution in [3.63, 3.8) is 0 Å². The molecule has 5 heteroatoms. The van der Waals surface area contributed by atoms with Crippen LogP contribution in [0.2, 0.25) is 0 Å². The largest absolute Gasteiger partial charge is 0.474 e. The maximum Gasteiger partial charge on any atom is 0.222 e. The minimum absolute atomic E-state index is 0.186. The van der Waals surface area contributed by atoms with Crippen LogP contribution in [0.4, 0.5) is 5.82 Å². The predicted octanol–water partition coefficient (Wildman–Crippen LogP) is 3.37. The van der Waals surface area contributed by atoms with E-state index in [1.165, 1.54) is 0 Å². The van der Waals surface area contributed by atoms with Crippen LogP contribution >= 0.6 is 0 Å². The zero-order valence-electron chi connectivity index (χ0n) is 13.6. The molecular weight excluding hydrogens is 266 g/mol. The van der Waals surface area contributed by atoms with Gasteiger partial charge < -0.3 is 14.8 Å². The van der Waals surface area contributed by atoms with Gasteiger partial charge in [-0.3, -0.25) is 0 Å². The second-order valence-corrected chi connectivity index (χ2v) is 5.89. The molecule has 0 aromatic carbocycles. The van der Waals surface area contributed by atoms with Crippen LogP contribution in [0.1, 0.15) is 57.9 Å². The lowest BCUT2D eigenvalue weighted by atomic mass is 9.95. The summed E-state index contributed by atoms with van der Waals surface area (Å²) < 4.78 is 11.7. The topological polar surface area (TPSA) is 56.3 Å². The highest BCUT2D eigenvalue weighted by molar-refractivity contribution is 5.50. The first-order valence-corrected chi connectivity index (χ1v) is 7.93. The van der Waals surface area contributed by atoms with Gasteiger partial charge in [0, 0.05) is 20.1 Å². The Morgan fingerprint density at radius 2 is 2.05 bits per heavy atom. The molecule has 2 rings (SSSR count). The van der Waals surface area contributed by atoms with Gasteiger partial charge in [0.05, 0.1) is 11.7 Å². The fourth-order valence-corrected chi connectivity index (χ4v) is 2.88. The van der Waals surface area contributed by atoms with E-state index in [9.17, 15) is 0 Å². The van der Waals surface area contributed by atoms with Crippen molar-refractivity contribution in [1.29, 1.82) is 0 Å². The summed E-state index contributed by atoms with van der Waals surface area (Å²) in [6, 6.07) is 0. The minimum Gasteiger partial charge on any atom is -0.474 e. The molecule has 0 spiro atoms. The van der Waals surface area contributed by atoms with Crippen LogP contribution in [0.15, 0.2) is 6.33 Å². The first-order valence-electron chi connectivity index (χ1n) is 7.93. The third-order valence-corrected chi connectivity index (χ3v) is 3.96. The molecule has 0 saturated heterocycles. The van der Waals surface area contributed by atoms with Crippen molar-refractivity contribution in [3.8, 4) is 5.88 Å². The van der Waals surface area contributed by atoms with Crippen LogP contribution in [0, 0.1) is 0 Å². The monoisotopic (exact) mass is 293 g/mol. The van der Waals surface area contributed by atoms with Gasteiger partial charge in [0.25, 0.3) is 0 Å². The third kappa shape index (κ3) is 4.06. The van der Waals surface area contributed by atoms with Crippen molar-refractivity contribution >= 4 is 5.82 Å². The fourth-order valence-electron chi connectivity index (χ4n) is 2.88. The standard InChI is InChI=1S/C16H27N3O2/c1-5-17-15-14(11(2)3)16(19-10-18-15)21-13-8-6-7-12(9-13)20-4/h10-13H,5-9H2,1-4H3,(H,17,18,19). The minimum atomic E-state index is 0.186. The molecule has 2 atom stereocenters. The molecule has 1 aromatic heterocycles. The average Bonchev–Trinajstić information content (AvgIpc) is 2.47. The Labute approximate surface area is 127 Å². The number of methoxy groups -OCH3 is 1. The van der Waals surface area contributed by atoms with Gasteiger partial charge in [0.1, 0.15) is 18.2 Å². The van der Waals surface area contributed by atoms with Crippen molar-refractivity contribution in [2.45, 2.75) is 64.6 Å². The van der Waals surface area contributed by atoms with E-state index >= 15 is 0 Å². The smallest absolute Gasteiger partial charge is 0.222 e. The van der Waals surface area contributed by atoms with Gasteiger partial charge in [-0.1, -0.05) is 13.8 Å². The molecule has 5 nitrogen and oxygen atoms in total. The Kier molecular flexibility index (Phi) is 5.79. The van der Waals surface area contributed by atoms with Crippen molar-refractivity contribution < 1.29 is 9.47 Å². The molecule has 1 aliphatic rings. The van der Waals surface area contributed by atoms with Crippen LogP contribution in [0.5, 0.6) is 5.88 Å².